The van der Waals surface area contributed by atoms with Crippen LogP contribution in [0.25, 0.3) is 0 Å². The lowest BCUT2D eigenvalue weighted by molar-refractivity contribution is 0.0235. The van der Waals surface area contributed by atoms with E-state index in [-0.39, 0.29) is 17.9 Å². The Morgan fingerprint density at radius 2 is 2.00 bits per heavy atom. The first-order valence-electron chi connectivity index (χ1n) is 7.83. The summed E-state index contributed by atoms with van der Waals surface area (Å²) < 4.78 is 5.44. The number of carbonyl (C=O) groups excluding carboxylic acids is 2. The molecule has 0 spiro atoms. The van der Waals surface area contributed by atoms with Crippen molar-refractivity contribution in [1.29, 1.82) is 0 Å². The second-order valence-electron chi connectivity index (χ2n) is 6.70. The number of hydrogen-bond acceptors (Lipinski definition) is 6. The fourth-order valence-corrected chi connectivity index (χ4v) is 2.42. The predicted molar refractivity (Wildman–Crippen MR) is 86.5 cm³/mol. The second kappa shape index (κ2) is 6.93. The van der Waals surface area contributed by atoms with E-state index in [0.717, 1.165) is 12.8 Å². The fraction of sp³-hybridized carbons (Fsp3) is 0.625. The first-order chi connectivity index (χ1) is 10.8. The Hall–Kier alpha value is -2.18. The van der Waals surface area contributed by atoms with E-state index in [9.17, 15) is 9.59 Å². The Kier molecular flexibility index (Phi) is 5.18. The van der Waals surface area contributed by atoms with E-state index in [1.807, 2.05) is 20.8 Å². The van der Waals surface area contributed by atoms with Crippen LogP contribution in [0.1, 0.15) is 50.9 Å². The molecule has 1 fully saturated rings. The minimum atomic E-state index is -0.497. The van der Waals surface area contributed by atoms with Crippen LogP contribution in [0.4, 0.5) is 10.7 Å². The average molecular weight is 320 g/mol. The van der Waals surface area contributed by atoms with Gasteiger partial charge in [0.15, 0.2) is 5.78 Å². The molecule has 0 saturated carbocycles. The molecule has 1 aliphatic rings. The van der Waals surface area contributed by atoms with Gasteiger partial charge in [0.1, 0.15) is 5.60 Å². The number of likely N-dealkylation sites (tertiary alicyclic amines) is 1. The van der Waals surface area contributed by atoms with E-state index in [1.165, 1.54) is 19.3 Å². The zero-order valence-electron chi connectivity index (χ0n) is 14.1. The minimum absolute atomic E-state index is 0.0564. The fourth-order valence-electron chi connectivity index (χ4n) is 2.42. The number of aromatic nitrogens is 2. The maximum Gasteiger partial charge on any atom is 0.410 e. The molecule has 23 heavy (non-hydrogen) atoms. The van der Waals surface area contributed by atoms with Gasteiger partial charge in [-0.25, -0.2) is 14.8 Å². The van der Waals surface area contributed by atoms with E-state index in [1.54, 1.807) is 4.90 Å². The summed E-state index contributed by atoms with van der Waals surface area (Å²) in [6.45, 7) is 8.31. The van der Waals surface area contributed by atoms with E-state index in [4.69, 9.17) is 4.74 Å². The van der Waals surface area contributed by atoms with Crippen LogP contribution in [0.5, 0.6) is 0 Å². The molecule has 0 radical (unpaired) electrons. The predicted octanol–water partition coefficient (Wildman–Crippen LogP) is 2.49. The molecule has 1 aromatic heterocycles. The van der Waals surface area contributed by atoms with Crippen molar-refractivity contribution in [2.45, 2.75) is 52.2 Å². The second-order valence-corrected chi connectivity index (χ2v) is 6.70. The summed E-state index contributed by atoms with van der Waals surface area (Å²) in [6.07, 6.45) is 4.58. The number of hydrogen-bond donors (Lipinski definition) is 1. The molecule has 2 rings (SSSR count). The van der Waals surface area contributed by atoms with Gasteiger partial charge in [0, 0.05) is 25.5 Å². The molecule has 0 aliphatic carbocycles. The van der Waals surface area contributed by atoms with Gasteiger partial charge in [0.2, 0.25) is 5.95 Å². The number of anilines is 1. The quantitative estimate of drug-likeness (QED) is 0.858. The van der Waals surface area contributed by atoms with Crippen LogP contribution in [0.15, 0.2) is 12.4 Å². The van der Waals surface area contributed by atoms with Crippen LogP contribution in [-0.2, 0) is 4.74 Å². The zero-order chi connectivity index (χ0) is 17.0. The van der Waals surface area contributed by atoms with Crippen molar-refractivity contribution in [2.75, 3.05) is 18.4 Å². The van der Waals surface area contributed by atoms with Crippen molar-refractivity contribution < 1.29 is 14.3 Å². The van der Waals surface area contributed by atoms with Crippen LogP contribution < -0.4 is 5.32 Å². The molecule has 7 nitrogen and oxygen atoms in total. The average Bonchev–Trinajstić information content (AvgIpc) is 2.92. The summed E-state index contributed by atoms with van der Waals surface area (Å²) in [7, 11) is 0. The summed E-state index contributed by atoms with van der Waals surface area (Å²) in [5.41, 5.74) is -0.0182. The van der Waals surface area contributed by atoms with E-state index in [0.29, 0.717) is 24.6 Å². The highest BCUT2D eigenvalue weighted by Gasteiger charge is 2.32. The van der Waals surface area contributed by atoms with Gasteiger partial charge in [-0.1, -0.05) is 0 Å². The van der Waals surface area contributed by atoms with Crippen LogP contribution in [0, 0.1) is 0 Å². The molecule has 1 aliphatic heterocycles. The molecular formula is C16H24N4O3. The molecule has 1 atom stereocenters. The van der Waals surface area contributed by atoms with Crippen molar-refractivity contribution in [3.63, 3.8) is 0 Å². The number of ether oxygens (including phenoxy) is 1. The SMILES string of the molecule is CC(=O)c1cnc(NC[C@@H]2CCCN2C(=O)OC(C)(C)C)nc1. The molecule has 126 valence electrons. The summed E-state index contributed by atoms with van der Waals surface area (Å²) in [5, 5.41) is 3.12. The Bertz CT molecular complexity index is 566. The Labute approximate surface area is 136 Å². The number of nitrogens with one attached hydrogen (secondary N) is 1. The third kappa shape index (κ3) is 4.91. The normalized spacial score (nSPS) is 17.9. The number of carbonyl (C=O) groups is 2. The van der Waals surface area contributed by atoms with E-state index >= 15 is 0 Å². The summed E-state index contributed by atoms with van der Waals surface area (Å²) in [6, 6.07) is 0.0564. The minimum Gasteiger partial charge on any atom is -0.444 e. The Morgan fingerprint density at radius 3 is 2.57 bits per heavy atom. The number of ketones is 1. The topological polar surface area (TPSA) is 84.4 Å². The standard InChI is InChI=1S/C16H24N4O3/c1-11(21)12-8-17-14(18-9-12)19-10-13-6-5-7-20(13)15(22)23-16(2,3)4/h8-9,13H,5-7,10H2,1-4H3,(H,17,18,19)/t13-/m0/s1. The Morgan fingerprint density at radius 1 is 1.35 bits per heavy atom. The van der Waals surface area contributed by atoms with Crippen LogP contribution in [0.3, 0.4) is 0 Å². The number of Topliss-reactive ketones (excluding diaryl/α,β-unsaturated/α-hetero) is 1. The van der Waals surface area contributed by atoms with Gasteiger partial charge in [0.05, 0.1) is 11.6 Å². The molecule has 2 heterocycles. The highest BCUT2D eigenvalue weighted by molar-refractivity contribution is 5.93. The molecule has 1 saturated heterocycles. The van der Waals surface area contributed by atoms with Crippen molar-refractivity contribution in [1.82, 2.24) is 14.9 Å². The maximum atomic E-state index is 12.2. The monoisotopic (exact) mass is 320 g/mol. The third-order valence-electron chi connectivity index (χ3n) is 3.56. The smallest absolute Gasteiger partial charge is 0.410 e. The molecule has 0 bridgehead atoms. The van der Waals surface area contributed by atoms with Crippen molar-refractivity contribution in [2.24, 2.45) is 0 Å². The largest absolute Gasteiger partial charge is 0.444 e. The van der Waals surface area contributed by atoms with Crippen molar-refractivity contribution >= 4 is 17.8 Å². The highest BCUT2D eigenvalue weighted by Crippen LogP contribution is 2.21. The van der Waals surface area contributed by atoms with Crippen molar-refractivity contribution in [3.05, 3.63) is 18.0 Å². The first-order valence-corrected chi connectivity index (χ1v) is 7.83. The van der Waals surface area contributed by atoms with Gasteiger partial charge in [-0.2, -0.15) is 0 Å². The van der Waals surface area contributed by atoms with E-state index in [2.05, 4.69) is 15.3 Å². The molecule has 0 aromatic carbocycles. The number of nitrogens with zero attached hydrogens (tertiary/aromatic N) is 3. The lowest BCUT2D eigenvalue weighted by Gasteiger charge is -2.28. The summed E-state index contributed by atoms with van der Waals surface area (Å²) in [4.78, 5) is 33.4. The molecular weight excluding hydrogens is 296 g/mol. The zero-order valence-corrected chi connectivity index (χ0v) is 14.1. The lowest BCUT2D eigenvalue weighted by Crippen LogP contribution is -2.42. The van der Waals surface area contributed by atoms with Gasteiger partial charge in [0.25, 0.3) is 0 Å². The van der Waals surface area contributed by atoms with Gasteiger partial charge in [-0.05, 0) is 40.5 Å². The summed E-state index contributed by atoms with van der Waals surface area (Å²) in [5.74, 6) is 0.384. The number of rotatable bonds is 4. The Balaban J connectivity index is 1.91. The molecule has 1 N–H and O–H groups in total. The summed E-state index contributed by atoms with van der Waals surface area (Å²) >= 11 is 0. The lowest BCUT2D eigenvalue weighted by atomic mass is 10.2. The van der Waals surface area contributed by atoms with Gasteiger partial charge < -0.3 is 15.0 Å². The molecule has 0 unspecified atom stereocenters. The van der Waals surface area contributed by atoms with Crippen LogP contribution in [0.2, 0.25) is 0 Å². The first kappa shape index (κ1) is 17.2. The van der Waals surface area contributed by atoms with Gasteiger partial charge in [-0.15, -0.1) is 0 Å². The van der Waals surface area contributed by atoms with Crippen LogP contribution in [-0.4, -0.2) is 51.5 Å². The molecule has 7 heteroatoms. The third-order valence-corrected chi connectivity index (χ3v) is 3.56. The van der Waals surface area contributed by atoms with Crippen LogP contribution >= 0.6 is 0 Å². The van der Waals surface area contributed by atoms with Crippen molar-refractivity contribution in [3.8, 4) is 0 Å². The highest BCUT2D eigenvalue weighted by atomic mass is 16.6. The molecule has 1 aromatic rings. The molecule has 1 amide bonds. The van der Waals surface area contributed by atoms with Gasteiger partial charge in [-0.3, -0.25) is 4.79 Å². The van der Waals surface area contributed by atoms with Gasteiger partial charge >= 0.3 is 6.09 Å². The number of amides is 1. The maximum absolute atomic E-state index is 12.2. The van der Waals surface area contributed by atoms with E-state index < -0.39 is 5.60 Å².